The molecule has 1 aromatic heterocycles. The number of benzene rings is 3. The monoisotopic (exact) mass is 475 g/mol. The topological polar surface area (TPSA) is 56.2 Å². The molecule has 0 fully saturated rings. The molecule has 4 rings (SSSR count). The molecule has 0 unspecified atom stereocenters. The third kappa shape index (κ3) is 6.17. The quantitative estimate of drug-likeness (QED) is 0.262. The average Bonchev–Trinajstić information content (AvgIpc) is 3.20. The van der Waals surface area contributed by atoms with Gasteiger partial charge >= 0.3 is 0 Å². The maximum absolute atomic E-state index is 12.2. The van der Waals surface area contributed by atoms with Crippen molar-refractivity contribution in [2.45, 2.75) is 39.2 Å². The number of halogens is 1. The third-order valence-corrected chi connectivity index (χ3v) is 6.13. The fraction of sp³-hybridized carbons (Fsp3) is 0.286. The summed E-state index contributed by atoms with van der Waals surface area (Å²) in [6.07, 6.45) is 3.85. The number of nitrogens with one attached hydrogen (secondary N) is 1. The number of unbranched alkanes of at least 4 members (excludes halogenated alkanes) is 2. The molecule has 1 heterocycles. The van der Waals surface area contributed by atoms with Crippen molar-refractivity contribution >= 4 is 28.5 Å². The lowest BCUT2D eigenvalue weighted by molar-refractivity contribution is 0.0953. The van der Waals surface area contributed by atoms with Crippen molar-refractivity contribution in [2.75, 3.05) is 13.2 Å². The number of hydrogen-bond donors (Lipinski definition) is 1. The largest absolute Gasteiger partial charge is 0.490 e. The van der Waals surface area contributed by atoms with E-state index in [4.69, 9.17) is 21.3 Å². The SMILES string of the molecule is Cc1ccc(C(=O)NCCCCCc2nc3ccccc3n2CCOc2ccccc2Cl)cc1. The number of fused-ring (bicyclic) bond motifs is 1. The van der Waals surface area contributed by atoms with Crippen LogP contribution in [-0.4, -0.2) is 28.6 Å². The lowest BCUT2D eigenvalue weighted by Gasteiger charge is -2.12. The van der Waals surface area contributed by atoms with Crippen molar-refractivity contribution in [3.8, 4) is 5.75 Å². The van der Waals surface area contributed by atoms with Gasteiger partial charge in [-0.15, -0.1) is 0 Å². The first-order valence-electron chi connectivity index (χ1n) is 11.8. The predicted molar refractivity (Wildman–Crippen MR) is 138 cm³/mol. The highest BCUT2D eigenvalue weighted by Crippen LogP contribution is 2.23. The van der Waals surface area contributed by atoms with E-state index in [1.165, 1.54) is 0 Å². The molecule has 176 valence electrons. The van der Waals surface area contributed by atoms with Gasteiger partial charge in [0.05, 0.1) is 22.6 Å². The number of nitrogens with zero attached hydrogens (tertiary/aromatic N) is 2. The van der Waals surface area contributed by atoms with Crippen LogP contribution in [0.2, 0.25) is 5.02 Å². The molecule has 0 bridgehead atoms. The molecule has 0 spiro atoms. The number of carbonyl (C=O) groups is 1. The Morgan fingerprint density at radius 3 is 2.56 bits per heavy atom. The van der Waals surface area contributed by atoms with Crippen LogP contribution >= 0.6 is 11.6 Å². The van der Waals surface area contributed by atoms with Gasteiger partial charge < -0.3 is 14.6 Å². The van der Waals surface area contributed by atoms with Gasteiger partial charge in [-0.2, -0.15) is 0 Å². The van der Waals surface area contributed by atoms with Gasteiger partial charge in [-0.05, 0) is 56.2 Å². The molecule has 1 N–H and O–H groups in total. The summed E-state index contributed by atoms with van der Waals surface area (Å²) >= 11 is 6.21. The Balaban J connectivity index is 1.27. The Morgan fingerprint density at radius 1 is 0.971 bits per heavy atom. The van der Waals surface area contributed by atoms with Gasteiger partial charge in [0.2, 0.25) is 0 Å². The van der Waals surface area contributed by atoms with Crippen LogP contribution in [0.15, 0.2) is 72.8 Å². The number of aryl methyl sites for hydroxylation is 2. The summed E-state index contributed by atoms with van der Waals surface area (Å²) < 4.78 is 8.16. The lowest BCUT2D eigenvalue weighted by Crippen LogP contribution is -2.24. The highest BCUT2D eigenvalue weighted by molar-refractivity contribution is 6.32. The first kappa shape index (κ1) is 23.8. The number of imidazole rings is 1. The van der Waals surface area contributed by atoms with Gasteiger partial charge in [-0.3, -0.25) is 4.79 Å². The minimum absolute atomic E-state index is 0.0136. The summed E-state index contributed by atoms with van der Waals surface area (Å²) in [6.45, 7) is 3.91. The Labute approximate surface area is 205 Å². The van der Waals surface area contributed by atoms with Gasteiger partial charge in [0.15, 0.2) is 0 Å². The van der Waals surface area contributed by atoms with Crippen LogP contribution in [0.4, 0.5) is 0 Å². The normalized spacial score (nSPS) is 11.0. The number of carbonyl (C=O) groups excluding carboxylic acids is 1. The van der Waals surface area contributed by atoms with Crippen LogP contribution in [-0.2, 0) is 13.0 Å². The summed E-state index contributed by atoms with van der Waals surface area (Å²) in [5.41, 5.74) is 3.97. The standard InChI is InChI=1S/C28H30ClN3O2/c1-21-14-16-22(17-15-21)28(33)30-18-8-2-3-13-27-31-24-10-5-6-11-25(24)32(27)19-20-34-26-12-7-4-9-23(26)29/h4-7,9-12,14-17H,2-3,8,13,18-20H2,1H3,(H,30,33). The number of rotatable bonds is 11. The third-order valence-electron chi connectivity index (χ3n) is 5.82. The van der Waals surface area contributed by atoms with Crippen molar-refractivity contribution in [1.82, 2.24) is 14.9 Å². The average molecular weight is 476 g/mol. The summed E-state index contributed by atoms with van der Waals surface area (Å²) in [4.78, 5) is 17.1. The highest BCUT2D eigenvalue weighted by Gasteiger charge is 2.11. The van der Waals surface area contributed by atoms with E-state index >= 15 is 0 Å². The Kier molecular flexibility index (Phi) is 8.21. The van der Waals surface area contributed by atoms with Gasteiger partial charge in [0.1, 0.15) is 18.2 Å². The number of hydrogen-bond acceptors (Lipinski definition) is 3. The zero-order chi connectivity index (χ0) is 23.8. The highest BCUT2D eigenvalue weighted by atomic mass is 35.5. The molecule has 0 aliphatic heterocycles. The molecule has 0 aliphatic carbocycles. The maximum atomic E-state index is 12.2. The minimum Gasteiger partial charge on any atom is -0.490 e. The number of ether oxygens (including phenoxy) is 1. The number of amides is 1. The minimum atomic E-state index is -0.0136. The molecule has 34 heavy (non-hydrogen) atoms. The molecule has 0 radical (unpaired) electrons. The second kappa shape index (κ2) is 11.7. The molecule has 0 aliphatic rings. The van der Waals surface area contributed by atoms with Crippen molar-refractivity contribution < 1.29 is 9.53 Å². The van der Waals surface area contributed by atoms with Crippen LogP contribution in [0.5, 0.6) is 5.75 Å². The molecule has 6 heteroatoms. The summed E-state index contributed by atoms with van der Waals surface area (Å²) in [6, 6.07) is 23.4. The molecule has 5 nitrogen and oxygen atoms in total. The molecular formula is C28H30ClN3O2. The maximum Gasteiger partial charge on any atom is 0.251 e. The number of aromatic nitrogens is 2. The zero-order valence-electron chi connectivity index (χ0n) is 19.5. The van der Waals surface area contributed by atoms with E-state index < -0.39 is 0 Å². The lowest BCUT2D eigenvalue weighted by atomic mass is 10.1. The van der Waals surface area contributed by atoms with Crippen LogP contribution < -0.4 is 10.1 Å². The van der Waals surface area contributed by atoms with Crippen LogP contribution in [0.1, 0.15) is 41.0 Å². The van der Waals surface area contributed by atoms with Gasteiger partial charge in [0, 0.05) is 18.5 Å². The predicted octanol–water partition coefficient (Wildman–Crippen LogP) is 6.22. The van der Waals surface area contributed by atoms with E-state index in [1.807, 2.05) is 73.7 Å². The van der Waals surface area contributed by atoms with Crippen molar-refractivity contribution in [1.29, 1.82) is 0 Å². The van der Waals surface area contributed by atoms with Gasteiger partial charge in [0.25, 0.3) is 5.91 Å². The van der Waals surface area contributed by atoms with E-state index in [-0.39, 0.29) is 5.91 Å². The fourth-order valence-electron chi connectivity index (χ4n) is 3.97. The molecule has 4 aromatic rings. The second-order valence-electron chi connectivity index (χ2n) is 8.38. The first-order chi connectivity index (χ1) is 16.6. The van der Waals surface area contributed by atoms with Crippen molar-refractivity contribution in [2.24, 2.45) is 0 Å². The van der Waals surface area contributed by atoms with Crippen LogP contribution in [0.3, 0.4) is 0 Å². The number of para-hydroxylation sites is 3. The van der Waals surface area contributed by atoms with E-state index in [2.05, 4.69) is 16.0 Å². The van der Waals surface area contributed by atoms with Gasteiger partial charge in [-0.1, -0.05) is 60.0 Å². The second-order valence-corrected chi connectivity index (χ2v) is 8.79. The molecule has 0 atom stereocenters. The zero-order valence-corrected chi connectivity index (χ0v) is 20.2. The fourth-order valence-corrected chi connectivity index (χ4v) is 4.16. The van der Waals surface area contributed by atoms with E-state index in [9.17, 15) is 4.79 Å². The molecular weight excluding hydrogens is 446 g/mol. The molecule has 3 aromatic carbocycles. The summed E-state index contributed by atoms with van der Waals surface area (Å²) in [5, 5.41) is 3.63. The van der Waals surface area contributed by atoms with Crippen LogP contribution in [0, 0.1) is 6.92 Å². The first-order valence-corrected chi connectivity index (χ1v) is 12.2. The van der Waals surface area contributed by atoms with E-state index in [1.54, 1.807) is 0 Å². The Morgan fingerprint density at radius 2 is 1.74 bits per heavy atom. The van der Waals surface area contributed by atoms with Crippen molar-refractivity contribution in [3.63, 3.8) is 0 Å². The van der Waals surface area contributed by atoms with Crippen LogP contribution in [0.25, 0.3) is 11.0 Å². The summed E-state index contributed by atoms with van der Waals surface area (Å²) in [5.74, 6) is 1.75. The van der Waals surface area contributed by atoms with Crippen molar-refractivity contribution in [3.05, 3.63) is 94.8 Å². The van der Waals surface area contributed by atoms with E-state index in [0.29, 0.717) is 36.0 Å². The van der Waals surface area contributed by atoms with Gasteiger partial charge in [-0.25, -0.2) is 4.98 Å². The molecule has 0 saturated heterocycles. The Hall–Kier alpha value is -3.31. The Bertz CT molecular complexity index is 1230. The smallest absolute Gasteiger partial charge is 0.251 e. The van der Waals surface area contributed by atoms with E-state index in [0.717, 1.165) is 48.1 Å². The summed E-state index contributed by atoms with van der Waals surface area (Å²) in [7, 11) is 0. The molecule has 0 saturated carbocycles. The molecule has 1 amide bonds.